The highest BCUT2D eigenvalue weighted by Gasteiger charge is 2.11. The van der Waals surface area contributed by atoms with Gasteiger partial charge in [-0.2, -0.15) is 0 Å². The Hall–Kier alpha value is -0.420. The summed E-state index contributed by atoms with van der Waals surface area (Å²) in [6, 6.07) is 8.24. The first-order valence-corrected chi connectivity index (χ1v) is 7.19. The summed E-state index contributed by atoms with van der Waals surface area (Å²) >= 11 is 3.55. The van der Waals surface area contributed by atoms with E-state index in [0.29, 0.717) is 0 Å². The van der Waals surface area contributed by atoms with Crippen molar-refractivity contribution in [3.05, 3.63) is 34.3 Å². The minimum atomic E-state index is 0.0807. The molecule has 18 heavy (non-hydrogen) atoms. The molecule has 0 aliphatic carbocycles. The van der Waals surface area contributed by atoms with Crippen molar-refractivity contribution in [2.45, 2.75) is 19.4 Å². The lowest BCUT2D eigenvalue weighted by Crippen LogP contribution is -2.30. The summed E-state index contributed by atoms with van der Waals surface area (Å²) in [6.07, 6.45) is 0.958. The highest BCUT2D eigenvalue weighted by Crippen LogP contribution is 2.23. The Labute approximate surface area is 118 Å². The fourth-order valence-corrected chi connectivity index (χ4v) is 2.48. The maximum absolute atomic E-state index is 6.24. The second-order valence-corrected chi connectivity index (χ2v) is 5.20. The van der Waals surface area contributed by atoms with E-state index in [-0.39, 0.29) is 6.04 Å². The zero-order valence-electron chi connectivity index (χ0n) is 11.2. The van der Waals surface area contributed by atoms with Crippen molar-refractivity contribution in [1.82, 2.24) is 4.90 Å². The van der Waals surface area contributed by atoms with Crippen molar-refractivity contribution >= 4 is 15.9 Å². The predicted octanol–water partition coefficient (Wildman–Crippen LogP) is 2.81. The molecule has 0 saturated heterocycles. The number of ether oxygens (including phenoxy) is 1. The number of hydrogen-bond donors (Lipinski definition) is 1. The van der Waals surface area contributed by atoms with Gasteiger partial charge in [0.05, 0.1) is 6.61 Å². The van der Waals surface area contributed by atoms with E-state index in [9.17, 15) is 0 Å². The Balaban J connectivity index is 2.44. The van der Waals surface area contributed by atoms with Crippen LogP contribution in [0.25, 0.3) is 0 Å². The molecule has 1 aromatic rings. The van der Waals surface area contributed by atoms with E-state index in [1.54, 1.807) is 7.11 Å². The van der Waals surface area contributed by atoms with Crippen LogP contribution in [0.1, 0.15) is 24.9 Å². The molecule has 102 valence electrons. The molecule has 0 fully saturated rings. The molecule has 2 N–H and O–H groups in total. The quantitative estimate of drug-likeness (QED) is 0.802. The molecule has 0 amide bonds. The third-order valence-corrected chi connectivity index (χ3v) is 3.84. The highest BCUT2D eigenvalue weighted by molar-refractivity contribution is 9.10. The highest BCUT2D eigenvalue weighted by atomic mass is 79.9. The van der Waals surface area contributed by atoms with Gasteiger partial charge in [0.2, 0.25) is 0 Å². The largest absolute Gasteiger partial charge is 0.383 e. The fourth-order valence-electron chi connectivity index (χ4n) is 1.90. The van der Waals surface area contributed by atoms with Gasteiger partial charge in [-0.15, -0.1) is 0 Å². The van der Waals surface area contributed by atoms with Gasteiger partial charge in [-0.25, -0.2) is 0 Å². The van der Waals surface area contributed by atoms with Crippen LogP contribution in [-0.4, -0.2) is 38.3 Å². The zero-order chi connectivity index (χ0) is 13.4. The zero-order valence-corrected chi connectivity index (χ0v) is 12.8. The van der Waals surface area contributed by atoms with E-state index in [2.05, 4.69) is 33.8 Å². The molecule has 4 heteroatoms. The third kappa shape index (κ3) is 5.06. The molecule has 1 aromatic carbocycles. The van der Waals surface area contributed by atoms with Gasteiger partial charge in [0, 0.05) is 30.7 Å². The van der Waals surface area contributed by atoms with Crippen molar-refractivity contribution < 1.29 is 4.74 Å². The van der Waals surface area contributed by atoms with E-state index in [1.807, 2.05) is 18.2 Å². The van der Waals surface area contributed by atoms with Crippen LogP contribution >= 0.6 is 15.9 Å². The minimum Gasteiger partial charge on any atom is -0.383 e. The van der Waals surface area contributed by atoms with E-state index >= 15 is 0 Å². The normalized spacial score (nSPS) is 12.9. The van der Waals surface area contributed by atoms with E-state index < -0.39 is 0 Å². The molecular weight excluding hydrogens is 292 g/mol. The molecule has 1 atom stereocenters. The number of likely N-dealkylation sites (N-methyl/N-ethyl adjacent to an activating group) is 1. The SMILES string of the molecule is CCN(CCOC)CCC(N)c1ccccc1Br. The molecule has 0 spiro atoms. The maximum Gasteiger partial charge on any atom is 0.0589 e. The Morgan fingerprint density at radius 1 is 1.33 bits per heavy atom. The molecule has 1 unspecified atom stereocenters. The summed E-state index contributed by atoms with van der Waals surface area (Å²) < 4.78 is 6.20. The summed E-state index contributed by atoms with van der Waals surface area (Å²) in [7, 11) is 1.74. The molecule has 0 saturated carbocycles. The van der Waals surface area contributed by atoms with E-state index in [0.717, 1.165) is 37.1 Å². The number of halogens is 1. The molecule has 3 nitrogen and oxygen atoms in total. The van der Waals surface area contributed by atoms with Crippen LogP contribution in [0.4, 0.5) is 0 Å². The first-order valence-electron chi connectivity index (χ1n) is 6.40. The first-order chi connectivity index (χ1) is 8.69. The summed E-state index contributed by atoms with van der Waals surface area (Å²) in [5.41, 5.74) is 7.42. The van der Waals surface area contributed by atoms with Crippen molar-refractivity contribution in [3.63, 3.8) is 0 Å². The Kier molecular flexibility index (Phi) is 7.51. The van der Waals surface area contributed by atoms with Gasteiger partial charge in [-0.1, -0.05) is 41.1 Å². The van der Waals surface area contributed by atoms with Crippen LogP contribution in [0, 0.1) is 0 Å². The van der Waals surface area contributed by atoms with Crippen LogP contribution in [0.5, 0.6) is 0 Å². The van der Waals surface area contributed by atoms with Crippen LogP contribution < -0.4 is 5.73 Å². The maximum atomic E-state index is 6.24. The second kappa shape index (κ2) is 8.64. The Morgan fingerprint density at radius 2 is 2.06 bits per heavy atom. The molecule has 0 aromatic heterocycles. The van der Waals surface area contributed by atoms with Gasteiger partial charge in [-0.3, -0.25) is 0 Å². The van der Waals surface area contributed by atoms with Crippen molar-refractivity contribution in [3.8, 4) is 0 Å². The number of rotatable bonds is 8. The number of benzene rings is 1. The molecule has 1 rings (SSSR count). The molecule has 0 heterocycles. The lowest BCUT2D eigenvalue weighted by atomic mass is 10.0. The monoisotopic (exact) mass is 314 g/mol. The number of methoxy groups -OCH3 is 1. The van der Waals surface area contributed by atoms with Gasteiger partial charge in [-0.05, 0) is 24.6 Å². The molecule has 0 aliphatic rings. The summed E-state index contributed by atoms with van der Waals surface area (Å²) in [5.74, 6) is 0. The van der Waals surface area contributed by atoms with Gasteiger partial charge >= 0.3 is 0 Å². The average molecular weight is 315 g/mol. The fraction of sp³-hybridized carbons (Fsp3) is 0.571. The predicted molar refractivity (Wildman–Crippen MR) is 79.7 cm³/mol. The van der Waals surface area contributed by atoms with E-state index in [4.69, 9.17) is 10.5 Å². The van der Waals surface area contributed by atoms with Crippen molar-refractivity contribution in [2.75, 3.05) is 33.4 Å². The van der Waals surface area contributed by atoms with Crippen LogP contribution in [0.3, 0.4) is 0 Å². The summed E-state index contributed by atoms with van der Waals surface area (Å²) in [4.78, 5) is 2.36. The average Bonchev–Trinajstić information content (AvgIpc) is 2.39. The van der Waals surface area contributed by atoms with Gasteiger partial charge in [0.1, 0.15) is 0 Å². The molecule has 0 bridgehead atoms. The molecule has 0 radical (unpaired) electrons. The minimum absolute atomic E-state index is 0.0807. The van der Waals surface area contributed by atoms with Crippen LogP contribution in [0.2, 0.25) is 0 Å². The van der Waals surface area contributed by atoms with E-state index in [1.165, 1.54) is 5.56 Å². The smallest absolute Gasteiger partial charge is 0.0589 e. The topological polar surface area (TPSA) is 38.5 Å². The van der Waals surface area contributed by atoms with Gasteiger partial charge < -0.3 is 15.4 Å². The van der Waals surface area contributed by atoms with Gasteiger partial charge in [0.15, 0.2) is 0 Å². The molecular formula is C14H23BrN2O. The first kappa shape index (κ1) is 15.6. The van der Waals surface area contributed by atoms with Crippen molar-refractivity contribution in [1.29, 1.82) is 0 Å². The van der Waals surface area contributed by atoms with Gasteiger partial charge in [0.25, 0.3) is 0 Å². The standard InChI is InChI=1S/C14H23BrN2O/c1-3-17(10-11-18-2)9-8-14(16)12-6-4-5-7-13(12)15/h4-7,14H,3,8-11,16H2,1-2H3. The summed E-state index contributed by atoms with van der Waals surface area (Å²) in [6.45, 7) is 5.95. The summed E-state index contributed by atoms with van der Waals surface area (Å²) in [5, 5.41) is 0. The van der Waals surface area contributed by atoms with Crippen LogP contribution in [0.15, 0.2) is 28.7 Å². The second-order valence-electron chi connectivity index (χ2n) is 4.34. The lowest BCUT2D eigenvalue weighted by molar-refractivity contribution is 0.149. The third-order valence-electron chi connectivity index (χ3n) is 3.12. The molecule has 0 aliphatic heterocycles. The van der Waals surface area contributed by atoms with Crippen molar-refractivity contribution in [2.24, 2.45) is 5.73 Å². The number of nitrogens with zero attached hydrogens (tertiary/aromatic N) is 1. The lowest BCUT2D eigenvalue weighted by Gasteiger charge is -2.22. The number of hydrogen-bond acceptors (Lipinski definition) is 3. The Morgan fingerprint density at radius 3 is 2.67 bits per heavy atom. The Bertz CT molecular complexity index is 346. The number of nitrogens with two attached hydrogens (primary N) is 1. The van der Waals surface area contributed by atoms with Crippen LogP contribution in [-0.2, 0) is 4.74 Å².